The van der Waals surface area contributed by atoms with Crippen molar-refractivity contribution in [1.29, 1.82) is 0 Å². The monoisotopic (exact) mass is 295 g/mol. The van der Waals surface area contributed by atoms with Crippen LogP contribution in [0.15, 0.2) is 30.3 Å². The molecule has 1 aromatic carbocycles. The van der Waals surface area contributed by atoms with Gasteiger partial charge in [-0.25, -0.2) is 8.42 Å². The normalized spacial score (nSPS) is 16.8. The molecule has 0 unspecified atom stereocenters. The van der Waals surface area contributed by atoms with Gasteiger partial charge in [0.25, 0.3) is 0 Å². The number of nitrogens with one attached hydrogen (secondary N) is 1. The largest absolute Gasteiger partial charge is 0.352 e. The summed E-state index contributed by atoms with van der Waals surface area (Å²) in [5, 5.41) is 2.84. The van der Waals surface area contributed by atoms with Gasteiger partial charge in [-0.2, -0.15) is 0 Å². The molecule has 5 heteroatoms. The lowest BCUT2D eigenvalue weighted by atomic mass is 9.95. The van der Waals surface area contributed by atoms with Crippen molar-refractivity contribution in [3.63, 3.8) is 0 Å². The van der Waals surface area contributed by atoms with E-state index in [2.05, 4.69) is 5.32 Å². The molecule has 0 atom stereocenters. The van der Waals surface area contributed by atoms with E-state index in [1.165, 1.54) is 6.42 Å². The molecule has 1 saturated carbocycles. The Morgan fingerprint density at radius 1 is 1.10 bits per heavy atom. The van der Waals surface area contributed by atoms with Crippen LogP contribution in [0.25, 0.3) is 0 Å². The summed E-state index contributed by atoms with van der Waals surface area (Å²) >= 11 is 0. The predicted molar refractivity (Wildman–Crippen MR) is 78.9 cm³/mol. The van der Waals surface area contributed by atoms with E-state index >= 15 is 0 Å². The standard InChI is InChI=1S/C15H21NO3S/c17-15(16-14-9-5-2-6-10-14)12-20(18,19)11-13-7-3-1-4-8-13/h1,3-4,7-8,14H,2,5-6,9-12H2,(H,16,17). The quantitative estimate of drug-likeness (QED) is 0.904. The van der Waals surface area contributed by atoms with Gasteiger partial charge in [0.05, 0.1) is 5.75 Å². The lowest BCUT2D eigenvalue weighted by molar-refractivity contribution is -0.119. The fourth-order valence-electron chi connectivity index (χ4n) is 2.60. The van der Waals surface area contributed by atoms with E-state index in [1.807, 2.05) is 6.07 Å². The van der Waals surface area contributed by atoms with Crippen molar-refractivity contribution in [2.45, 2.75) is 43.9 Å². The first-order valence-corrected chi connectivity index (χ1v) is 8.91. The van der Waals surface area contributed by atoms with E-state index in [1.54, 1.807) is 24.3 Å². The van der Waals surface area contributed by atoms with Crippen molar-refractivity contribution >= 4 is 15.7 Å². The van der Waals surface area contributed by atoms with Crippen molar-refractivity contribution in [2.75, 3.05) is 5.75 Å². The third-order valence-corrected chi connectivity index (χ3v) is 5.03. The number of rotatable bonds is 5. The molecule has 0 radical (unpaired) electrons. The molecule has 110 valence electrons. The maximum atomic E-state index is 12.0. The smallest absolute Gasteiger partial charge is 0.235 e. The Bertz CT molecular complexity index is 533. The molecule has 0 spiro atoms. The third kappa shape index (κ3) is 4.96. The molecule has 1 aromatic rings. The number of hydrogen-bond acceptors (Lipinski definition) is 3. The number of carbonyl (C=O) groups excluding carboxylic acids is 1. The Morgan fingerprint density at radius 3 is 2.40 bits per heavy atom. The fourth-order valence-corrected chi connectivity index (χ4v) is 3.88. The predicted octanol–water partition coefficient (Wildman–Crippen LogP) is 2.05. The van der Waals surface area contributed by atoms with Gasteiger partial charge < -0.3 is 5.32 Å². The molecule has 1 aliphatic carbocycles. The molecular formula is C15H21NO3S. The summed E-state index contributed by atoms with van der Waals surface area (Å²) in [6.07, 6.45) is 5.36. The highest BCUT2D eigenvalue weighted by Crippen LogP contribution is 2.17. The van der Waals surface area contributed by atoms with Gasteiger partial charge in [0.15, 0.2) is 9.84 Å². The third-order valence-electron chi connectivity index (χ3n) is 3.55. The summed E-state index contributed by atoms with van der Waals surface area (Å²) in [4.78, 5) is 11.8. The summed E-state index contributed by atoms with van der Waals surface area (Å²) < 4.78 is 24.0. The second-order valence-corrected chi connectivity index (χ2v) is 7.48. The van der Waals surface area contributed by atoms with E-state index < -0.39 is 15.6 Å². The molecule has 1 N–H and O–H groups in total. The van der Waals surface area contributed by atoms with E-state index in [4.69, 9.17) is 0 Å². The van der Waals surface area contributed by atoms with Crippen LogP contribution in [0.3, 0.4) is 0 Å². The van der Waals surface area contributed by atoms with Crippen LogP contribution >= 0.6 is 0 Å². The van der Waals surface area contributed by atoms with Crippen molar-refractivity contribution in [1.82, 2.24) is 5.32 Å². The second kappa shape index (κ2) is 6.88. The zero-order valence-electron chi connectivity index (χ0n) is 11.5. The van der Waals surface area contributed by atoms with E-state index in [0.717, 1.165) is 31.2 Å². The molecule has 0 aliphatic heterocycles. The van der Waals surface area contributed by atoms with E-state index in [-0.39, 0.29) is 17.7 Å². The van der Waals surface area contributed by atoms with Gasteiger partial charge in [0, 0.05) is 6.04 Å². The molecule has 1 fully saturated rings. The summed E-state index contributed by atoms with van der Waals surface area (Å²) in [5.41, 5.74) is 0.720. The minimum Gasteiger partial charge on any atom is -0.352 e. The lowest BCUT2D eigenvalue weighted by Crippen LogP contribution is -2.39. The summed E-state index contributed by atoms with van der Waals surface area (Å²) in [7, 11) is -3.40. The minimum atomic E-state index is -3.40. The zero-order chi connectivity index (χ0) is 14.4. The SMILES string of the molecule is O=C(CS(=O)(=O)Cc1ccccc1)NC1CCCCC1. The molecule has 0 bridgehead atoms. The molecule has 4 nitrogen and oxygen atoms in total. The first-order chi connectivity index (χ1) is 9.55. The van der Waals surface area contributed by atoms with Crippen molar-refractivity contribution in [3.8, 4) is 0 Å². The van der Waals surface area contributed by atoms with Crippen LogP contribution in [0.1, 0.15) is 37.7 Å². The van der Waals surface area contributed by atoms with Gasteiger partial charge in [-0.3, -0.25) is 4.79 Å². The topological polar surface area (TPSA) is 63.2 Å². The van der Waals surface area contributed by atoms with Crippen LogP contribution in [0.4, 0.5) is 0 Å². The second-order valence-electron chi connectivity index (χ2n) is 5.42. The first kappa shape index (κ1) is 15.0. The minimum absolute atomic E-state index is 0.0775. The van der Waals surface area contributed by atoms with Gasteiger partial charge in [0.2, 0.25) is 5.91 Å². The van der Waals surface area contributed by atoms with E-state index in [9.17, 15) is 13.2 Å². The van der Waals surface area contributed by atoms with Crippen molar-refractivity contribution < 1.29 is 13.2 Å². The molecule has 0 heterocycles. The lowest BCUT2D eigenvalue weighted by Gasteiger charge is -2.22. The Balaban J connectivity index is 1.86. The van der Waals surface area contributed by atoms with Crippen molar-refractivity contribution in [3.05, 3.63) is 35.9 Å². The first-order valence-electron chi connectivity index (χ1n) is 7.09. The Morgan fingerprint density at radius 2 is 1.75 bits per heavy atom. The molecular weight excluding hydrogens is 274 g/mol. The molecule has 2 rings (SSSR count). The number of carbonyl (C=O) groups is 1. The number of benzene rings is 1. The maximum absolute atomic E-state index is 12.0. The van der Waals surface area contributed by atoms with Crippen LogP contribution < -0.4 is 5.32 Å². The number of hydrogen-bond donors (Lipinski definition) is 1. The fraction of sp³-hybridized carbons (Fsp3) is 0.533. The molecule has 0 saturated heterocycles. The van der Waals surface area contributed by atoms with Crippen molar-refractivity contribution in [2.24, 2.45) is 0 Å². The maximum Gasteiger partial charge on any atom is 0.235 e. The summed E-state index contributed by atoms with van der Waals surface area (Å²) in [6.45, 7) is 0. The Kier molecular flexibility index (Phi) is 5.17. The van der Waals surface area contributed by atoms with Gasteiger partial charge in [-0.05, 0) is 18.4 Å². The Hall–Kier alpha value is -1.36. The van der Waals surface area contributed by atoms with Crippen LogP contribution in [0.2, 0.25) is 0 Å². The molecule has 0 aromatic heterocycles. The van der Waals surface area contributed by atoms with Crippen LogP contribution in [-0.4, -0.2) is 26.1 Å². The highest BCUT2D eigenvalue weighted by Gasteiger charge is 2.21. The van der Waals surface area contributed by atoms with Gasteiger partial charge in [0.1, 0.15) is 5.75 Å². The molecule has 20 heavy (non-hydrogen) atoms. The van der Waals surface area contributed by atoms with Gasteiger partial charge in [-0.15, -0.1) is 0 Å². The number of sulfone groups is 1. The van der Waals surface area contributed by atoms with E-state index in [0.29, 0.717) is 0 Å². The van der Waals surface area contributed by atoms with Crippen LogP contribution in [-0.2, 0) is 20.4 Å². The van der Waals surface area contributed by atoms with Crippen LogP contribution in [0.5, 0.6) is 0 Å². The average Bonchev–Trinajstić information content (AvgIpc) is 2.39. The van der Waals surface area contributed by atoms with Gasteiger partial charge >= 0.3 is 0 Å². The summed E-state index contributed by atoms with van der Waals surface area (Å²) in [6, 6.07) is 9.11. The molecule has 1 aliphatic rings. The van der Waals surface area contributed by atoms with Gasteiger partial charge in [-0.1, -0.05) is 49.6 Å². The average molecular weight is 295 g/mol. The van der Waals surface area contributed by atoms with Crippen LogP contribution in [0, 0.1) is 0 Å². The Labute approximate surface area is 120 Å². The molecule has 1 amide bonds. The number of amides is 1. The summed E-state index contributed by atoms with van der Waals surface area (Å²) in [5.74, 6) is -0.863. The highest BCUT2D eigenvalue weighted by molar-refractivity contribution is 7.91. The highest BCUT2D eigenvalue weighted by atomic mass is 32.2. The zero-order valence-corrected chi connectivity index (χ0v) is 12.4.